The summed E-state index contributed by atoms with van der Waals surface area (Å²) in [5.74, 6) is 0. The van der Waals surface area contributed by atoms with Gasteiger partial charge in [-0.3, -0.25) is 0 Å². The number of hydrogen-bond acceptors (Lipinski definition) is 3. The summed E-state index contributed by atoms with van der Waals surface area (Å²) in [5, 5.41) is 3.44. The first-order valence-corrected chi connectivity index (χ1v) is 8.49. The molecule has 0 aliphatic heterocycles. The van der Waals surface area contributed by atoms with Gasteiger partial charge in [0.25, 0.3) is 0 Å². The van der Waals surface area contributed by atoms with Crippen LogP contribution in [-0.2, 0) is 4.74 Å². The van der Waals surface area contributed by atoms with Crippen molar-refractivity contribution in [3.63, 3.8) is 0 Å². The van der Waals surface area contributed by atoms with E-state index in [0.29, 0.717) is 13.1 Å². The Morgan fingerprint density at radius 1 is 1.36 bits per heavy atom. The first kappa shape index (κ1) is 19.0. The van der Waals surface area contributed by atoms with Crippen molar-refractivity contribution in [2.75, 3.05) is 19.6 Å². The first-order chi connectivity index (χ1) is 10.2. The van der Waals surface area contributed by atoms with Crippen LogP contribution in [0, 0.1) is 0 Å². The Labute approximate surface area is 142 Å². The van der Waals surface area contributed by atoms with Gasteiger partial charge in [0.2, 0.25) is 0 Å². The van der Waals surface area contributed by atoms with Gasteiger partial charge in [-0.25, -0.2) is 4.79 Å². The lowest BCUT2D eigenvalue weighted by Gasteiger charge is -2.27. The number of rotatable bonds is 6. The number of carbonyl (C=O) groups excluding carboxylic acids is 1. The highest BCUT2D eigenvalue weighted by atomic mass is 79.9. The van der Waals surface area contributed by atoms with Crippen molar-refractivity contribution >= 4 is 22.0 Å². The number of benzene rings is 1. The Balaban J connectivity index is 2.47. The molecule has 0 saturated carbocycles. The van der Waals surface area contributed by atoms with Gasteiger partial charge in [0.15, 0.2) is 0 Å². The molecule has 0 spiro atoms. The van der Waals surface area contributed by atoms with Crippen LogP contribution < -0.4 is 5.32 Å². The zero-order valence-electron chi connectivity index (χ0n) is 14.1. The third-order valence-corrected chi connectivity index (χ3v) is 3.96. The molecule has 0 aromatic heterocycles. The highest BCUT2D eigenvalue weighted by Gasteiger charge is 2.20. The molecular weight excluding hydrogens is 344 g/mol. The molecule has 0 aliphatic carbocycles. The first-order valence-electron chi connectivity index (χ1n) is 7.70. The zero-order chi connectivity index (χ0) is 16.8. The van der Waals surface area contributed by atoms with Crippen LogP contribution in [0.25, 0.3) is 0 Å². The van der Waals surface area contributed by atoms with Crippen molar-refractivity contribution in [1.82, 2.24) is 10.2 Å². The van der Waals surface area contributed by atoms with Crippen molar-refractivity contribution in [3.8, 4) is 0 Å². The predicted molar refractivity (Wildman–Crippen MR) is 94.0 cm³/mol. The maximum absolute atomic E-state index is 12.1. The summed E-state index contributed by atoms with van der Waals surface area (Å²) in [7, 11) is 0. The summed E-state index contributed by atoms with van der Waals surface area (Å²) in [6.45, 7) is 11.7. The molecule has 1 rings (SSSR count). The second kappa shape index (κ2) is 8.53. The van der Waals surface area contributed by atoms with E-state index in [1.165, 1.54) is 5.56 Å². The molecule has 1 aromatic rings. The highest BCUT2D eigenvalue weighted by Crippen LogP contribution is 2.22. The van der Waals surface area contributed by atoms with Crippen molar-refractivity contribution in [2.45, 2.75) is 46.3 Å². The number of carbonyl (C=O) groups is 1. The molecule has 1 amide bonds. The number of likely N-dealkylation sites (N-methyl/N-ethyl adjacent to an activating group) is 1. The third kappa shape index (κ3) is 6.36. The van der Waals surface area contributed by atoms with Gasteiger partial charge in [-0.05, 0) is 46.2 Å². The van der Waals surface area contributed by atoms with Gasteiger partial charge in [-0.15, -0.1) is 0 Å². The van der Waals surface area contributed by atoms with Crippen LogP contribution in [0.1, 0.15) is 46.2 Å². The van der Waals surface area contributed by atoms with Crippen molar-refractivity contribution in [3.05, 3.63) is 34.3 Å². The minimum Gasteiger partial charge on any atom is -0.444 e. The summed E-state index contributed by atoms with van der Waals surface area (Å²) in [5.41, 5.74) is 0.753. The fraction of sp³-hybridized carbons (Fsp3) is 0.588. The Kier molecular flexibility index (Phi) is 7.36. The van der Waals surface area contributed by atoms with Gasteiger partial charge in [0, 0.05) is 30.1 Å². The molecule has 124 valence electrons. The van der Waals surface area contributed by atoms with E-state index in [1.807, 2.05) is 45.9 Å². The molecule has 0 saturated heterocycles. The van der Waals surface area contributed by atoms with Crippen molar-refractivity contribution < 1.29 is 9.53 Å². The largest absolute Gasteiger partial charge is 0.444 e. The fourth-order valence-electron chi connectivity index (χ4n) is 2.06. The third-order valence-electron chi connectivity index (χ3n) is 3.24. The summed E-state index contributed by atoms with van der Waals surface area (Å²) in [4.78, 5) is 13.8. The monoisotopic (exact) mass is 370 g/mol. The number of nitrogens with zero attached hydrogens (tertiary/aromatic N) is 1. The maximum atomic E-state index is 12.1. The normalized spacial score (nSPS) is 12.8. The van der Waals surface area contributed by atoms with E-state index < -0.39 is 5.60 Å². The van der Waals surface area contributed by atoms with Crippen LogP contribution >= 0.6 is 15.9 Å². The number of ether oxygens (including phenoxy) is 1. The van der Waals surface area contributed by atoms with Crippen LogP contribution in [0.2, 0.25) is 0 Å². The summed E-state index contributed by atoms with van der Waals surface area (Å²) >= 11 is 3.56. The second-order valence-corrected chi connectivity index (χ2v) is 7.11. The topological polar surface area (TPSA) is 41.6 Å². The molecular formula is C17H27BrN2O2. The van der Waals surface area contributed by atoms with Crippen LogP contribution in [0.15, 0.2) is 28.7 Å². The molecule has 1 unspecified atom stereocenters. The van der Waals surface area contributed by atoms with E-state index in [-0.39, 0.29) is 12.1 Å². The zero-order valence-corrected chi connectivity index (χ0v) is 15.7. The number of hydrogen-bond donors (Lipinski definition) is 1. The van der Waals surface area contributed by atoms with Gasteiger partial charge in [-0.1, -0.05) is 34.1 Å². The maximum Gasteiger partial charge on any atom is 0.410 e. The summed E-state index contributed by atoms with van der Waals surface area (Å²) in [6, 6.07) is 8.37. The highest BCUT2D eigenvalue weighted by molar-refractivity contribution is 9.10. The minimum absolute atomic E-state index is 0.216. The van der Waals surface area contributed by atoms with E-state index in [0.717, 1.165) is 11.0 Å². The average molecular weight is 371 g/mol. The lowest BCUT2D eigenvalue weighted by Crippen LogP contribution is -2.40. The Hall–Kier alpha value is -1.07. The van der Waals surface area contributed by atoms with E-state index in [9.17, 15) is 4.79 Å². The minimum atomic E-state index is -0.458. The number of nitrogens with one attached hydrogen (secondary N) is 1. The summed E-state index contributed by atoms with van der Waals surface area (Å²) < 4.78 is 6.50. The standard InChI is InChI=1S/C17H27BrN2O2/c1-6-20(16(21)22-17(3,4)5)12-11-19-13(2)14-9-7-8-10-15(14)18/h7-10,13,19H,6,11-12H2,1-5H3. The molecule has 0 bridgehead atoms. The quantitative estimate of drug-likeness (QED) is 0.808. The number of halogens is 1. The van der Waals surface area contributed by atoms with Crippen molar-refractivity contribution in [1.29, 1.82) is 0 Å². The molecule has 0 fully saturated rings. The molecule has 0 radical (unpaired) electrons. The van der Waals surface area contributed by atoms with Gasteiger partial charge in [-0.2, -0.15) is 0 Å². The average Bonchev–Trinajstić information content (AvgIpc) is 2.41. The summed E-state index contributed by atoms with van der Waals surface area (Å²) in [6.07, 6.45) is -0.259. The fourth-order valence-corrected chi connectivity index (χ4v) is 2.69. The lowest BCUT2D eigenvalue weighted by atomic mass is 10.1. The lowest BCUT2D eigenvalue weighted by molar-refractivity contribution is 0.0261. The molecule has 22 heavy (non-hydrogen) atoms. The molecule has 4 nitrogen and oxygen atoms in total. The van der Waals surface area contributed by atoms with E-state index in [2.05, 4.69) is 34.2 Å². The smallest absolute Gasteiger partial charge is 0.410 e. The van der Waals surface area contributed by atoms with E-state index in [1.54, 1.807) is 4.90 Å². The van der Waals surface area contributed by atoms with Gasteiger partial charge < -0.3 is 15.0 Å². The predicted octanol–water partition coefficient (Wildman–Crippen LogP) is 4.36. The van der Waals surface area contributed by atoms with Crippen molar-refractivity contribution in [2.24, 2.45) is 0 Å². The van der Waals surface area contributed by atoms with Crippen LogP contribution in [0.3, 0.4) is 0 Å². The van der Waals surface area contributed by atoms with Gasteiger partial charge >= 0.3 is 6.09 Å². The molecule has 1 atom stereocenters. The van der Waals surface area contributed by atoms with Crippen LogP contribution in [-0.4, -0.2) is 36.2 Å². The Bertz CT molecular complexity index is 486. The van der Waals surface area contributed by atoms with E-state index in [4.69, 9.17) is 4.74 Å². The Morgan fingerprint density at radius 2 is 2.00 bits per heavy atom. The van der Waals surface area contributed by atoms with Crippen LogP contribution in [0.4, 0.5) is 4.79 Å². The van der Waals surface area contributed by atoms with Gasteiger partial charge in [0.05, 0.1) is 0 Å². The molecule has 0 heterocycles. The van der Waals surface area contributed by atoms with E-state index >= 15 is 0 Å². The molecule has 1 aromatic carbocycles. The van der Waals surface area contributed by atoms with Gasteiger partial charge in [0.1, 0.15) is 5.60 Å². The second-order valence-electron chi connectivity index (χ2n) is 6.26. The molecule has 5 heteroatoms. The number of amides is 1. The van der Waals surface area contributed by atoms with Crippen LogP contribution in [0.5, 0.6) is 0 Å². The SMILES string of the molecule is CCN(CCNC(C)c1ccccc1Br)C(=O)OC(C)(C)C. The molecule has 0 aliphatic rings. The Morgan fingerprint density at radius 3 is 2.55 bits per heavy atom. The molecule has 1 N–H and O–H groups in total.